The molecule has 6 aromatic heterocycles. The maximum absolute atomic E-state index is 14.7. The van der Waals surface area contributed by atoms with Crippen LogP contribution in [0, 0.1) is 54.3 Å². The summed E-state index contributed by atoms with van der Waals surface area (Å²) in [5.41, 5.74) is 0.782. The van der Waals surface area contributed by atoms with Crippen molar-refractivity contribution >= 4 is 102 Å². The predicted molar refractivity (Wildman–Crippen MR) is 466 cm³/mol. The molecule has 27 nitrogen and oxygen atoms in total. The molecule has 5 saturated carbocycles. The number of carboxylic acid groups (broad SMARTS) is 2. The van der Waals surface area contributed by atoms with E-state index in [0.717, 1.165) is 91.3 Å². The Labute approximate surface area is 736 Å². The summed E-state index contributed by atoms with van der Waals surface area (Å²) < 4.78 is 59.8. The van der Waals surface area contributed by atoms with Gasteiger partial charge in [0.15, 0.2) is 17.3 Å². The average Bonchev–Trinajstić information content (AvgIpc) is 1.56. The van der Waals surface area contributed by atoms with E-state index in [1.807, 2.05) is 93.6 Å². The maximum atomic E-state index is 14.7. The number of methoxy groups -OCH3 is 3. The molecule has 30 heteroatoms. The number of carbonyl (C=O) groups is 9. The molecule has 9 aromatic rings. The molecule has 660 valence electrons. The molecule has 7 atom stereocenters. The zero-order chi connectivity index (χ0) is 87.8. The van der Waals surface area contributed by atoms with Crippen molar-refractivity contribution in [3.8, 4) is 49.6 Å². The SMILES string of the molecule is COc1ccccc1C(CN1C(=O)C2(CCC(C(=O)O)C2)C(=O)c2c1sc(-c1ncco1)c2C)OC1CCCCC1.COc1ccccc1C(CN1C(=O)C2(CCC(C(C)=O)CC2)C(=O)c2c1sc(-c1ncco1)c2C)OC1CCOCC1.COc1ccccc1C(CN1C(=O)C2(CCC(C)(C(=O)O)C2)C(=O)c2c1sc(-c1ncco1)c2C)OC1CCCCC1. The number of ether oxygens (including phenoxy) is 7. The molecular weight excluding hydrogens is 1660 g/mol. The van der Waals surface area contributed by atoms with Crippen LogP contribution in [0.25, 0.3) is 32.3 Å². The summed E-state index contributed by atoms with van der Waals surface area (Å²) in [5, 5.41) is 21.5. The number of hydrogen-bond acceptors (Lipinski definition) is 25. The molecule has 7 unspecified atom stereocenters. The number of ketones is 4. The van der Waals surface area contributed by atoms with Crippen LogP contribution in [0.3, 0.4) is 0 Å². The highest BCUT2D eigenvalue weighted by Gasteiger charge is 2.64. The van der Waals surface area contributed by atoms with Gasteiger partial charge in [-0.3, -0.25) is 57.9 Å². The number of carbonyl (C=O) groups excluding carboxylic acids is 7. The number of aliphatic carboxylic acids is 2. The Kier molecular flexibility index (Phi) is 26.0. The number of oxazole rings is 3. The van der Waals surface area contributed by atoms with Crippen molar-refractivity contribution in [3.05, 3.63) is 160 Å². The van der Waals surface area contributed by atoms with Gasteiger partial charge in [0.05, 0.1) is 121 Å². The van der Waals surface area contributed by atoms with Gasteiger partial charge in [-0.25, -0.2) is 15.0 Å². The lowest BCUT2D eigenvalue weighted by Crippen LogP contribution is -2.55. The second kappa shape index (κ2) is 36.9. The van der Waals surface area contributed by atoms with Gasteiger partial charge in [0, 0.05) is 35.8 Å². The van der Waals surface area contributed by atoms with Crippen LogP contribution in [0.15, 0.2) is 123 Å². The van der Waals surface area contributed by atoms with E-state index in [2.05, 4.69) is 15.0 Å². The summed E-state index contributed by atoms with van der Waals surface area (Å²) in [7, 11) is 4.86. The van der Waals surface area contributed by atoms with Crippen LogP contribution < -0.4 is 28.9 Å². The first-order valence-electron chi connectivity index (χ1n) is 43.5. The van der Waals surface area contributed by atoms with Crippen molar-refractivity contribution in [3.63, 3.8) is 0 Å². The maximum Gasteiger partial charge on any atom is 0.309 e. The highest BCUT2D eigenvalue weighted by Crippen LogP contribution is 2.61. The van der Waals surface area contributed by atoms with E-state index in [0.29, 0.717) is 126 Å². The van der Waals surface area contributed by atoms with Crippen molar-refractivity contribution < 1.29 is 99.8 Å². The molecule has 4 aliphatic heterocycles. The second-order valence-electron chi connectivity index (χ2n) is 34.8. The molecule has 1 saturated heterocycles. The van der Waals surface area contributed by atoms with Gasteiger partial charge in [0.1, 0.15) is 91.4 Å². The van der Waals surface area contributed by atoms with Crippen LogP contribution in [-0.4, -0.2) is 150 Å². The van der Waals surface area contributed by atoms with Crippen molar-refractivity contribution in [1.29, 1.82) is 0 Å². The molecule has 5 aliphatic carbocycles. The number of para-hydroxylation sites is 3. The fourth-order valence-corrected chi connectivity index (χ4v) is 24.2. The monoisotopic (exact) mass is 1760 g/mol. The van der Waals surface area contributed by atoms with Gasteiger partial charge in [-0.1, -0.05) is 93.1 Å². The summed E-state index contributed by atoms with van der Waals surface area (Å²) in [5.74, 6) is -1.27. The Bertz CT molecular complexity index is 5490. The quantitative estimate of drug-likeness (QED) is 0.0531. The van der Waals surface area contributed by atoms with E-state index in [9.17, 15) is 53.4 Å². The molecule has 3 spiro atoms. The van der Waals surface area contributed by atoms with Crippen molar-refractivity contribution in [2.45, 2.75) is 213 Å². The number of aromatic nitrogens is 3. The normalized spacial score (nSPS) is 24.2. The number of rotatable bonds is 24. The number of hydrogen-bond donors (Lipinski definition) is 2. The lowest BCUT2D eigenvalue weighted by molar-refractivity contribution is -0.148. The molecule has 3 aromatic carbocycles. The Morgan fingerprint density at radius 2 is 0.816 bits per heavy atom. The third-order valence-corrected chi connectivity index (χ3v) is 31.3. The zero-order valence-electron chi connectivity index (χ0n) is 71.7. The molecule has 2 N–H and O–H groups in total. The predicted octanol–water partition coefficient (Wildman–Crippen LogP) is 18.8. The summed E-state index contributed by atoms with van der Waals surface area (Å²) >= 11 is 3.95. The number of carboxylic acids is 2. The molecule has 3 amide bonds. The number of thiophene rings is 3. The van der Waals surface area contributed by atoms with E-state index >= 15 is 0 Å². The Hall–Kier alpha value is -10.3. The molecule has 0 bridgehead atoms. The summed E-state index contributed by atoms with van der Waals surface area (Å²) in [4.78, 5) is 143. The minimum absolute atomic E-state index is 0.0115. The number of nitrogens with zero attached hydrogens (tertiary/aromatic N) is 6. The van der Waals surface area contributed by atoms with E-state index < -0.39 is 57.8 Å². The molecule has 9 aliphatic rings. The lowest BCUT2D eigenvalue weighted by Gasteiger charge is -2.44. The van der Waals surface area contributed by atoms with E-state index in [1.165, 1.54) is 65.6 Å². The minimum Gasteiger partial charge on any atom is -0.496 e. The van der Waals surface area contributed by atoms with Crippen LogP contribution >= 0.6 is 34.0 Å². The van der Waals surface area contributed by atoms with Gasteiger partial charge >= 0.3 is 11.9 Å². The fourth-order valence-electron chi connectivity index (χ4n) is 20.4. The zero-order valence-corrected chi connectivity index (χ0v) is 74.1. The Balaban J connectivity index is 0.000000138. The van der Waals surface area contributed by atoms with Crippen LogP contribution in [0.2, 0.25) is 0 Å². The van der Waals surface area contributed by atoms with Crippen LogP contribution in [0.1, 0.15) is 238 Å². The molecule has 18 rings (SSSR count). The molecule has 6 fully saturated rings. The lowest BCUT2D eigenvalue weighted by atomic mass is 9.64. The Morgan fingerprint density at radius 3 is 1.17 bits per heavy atom. The number of anilines is 3. The van der Waals surface area contributed by atoms with Gasteiger partial charge in [-0.05, 0) is 172 Å². The van der Waals surface area contributed by atoms with Crippen LogP contribution in [0.5, 0.6) is 17.2 Å². The highest BCUT2D eigenvalue weighted by molar-refractivity contribution is 7.21. The van der Waals surface area contributed by atoms with Crippen LogP contribution in [-0.2, 0) is 47.7 Å². The number of fused-ring (bicyclic) bond motifs is 3. The third-order valence-electron chi connectivity index (χ3n) is 27.4. The van der Waals surface area contributed by atoms with Gasteiger partial charge in [0.25, 0.3) is 0 Å². The second-order valence-corrected chi connectivity index (χ2v) is 37.8. The topological polar surface area (TPSA) is 347 Å². The summed E-state index contributed by atoms with van der Waals surface area (Å²) in [6.45, 7) is 10.6. The molecular formula is C95H106N6O21S3. The standard InChI is InChI=1S/2C32H36N2O7S.C31H34N2O7S/c1-19-24-26(35)32(14-13-31(2,18-32)30(37)38)29(36)34(28(24)42-25(19)27-33-15-16-40-27)17-23(41-20-9-5-4-6-10-20)21-11-7-8-12-22(21)39-3;1-19-26-28(36)32(12-8-21(9-13-32)20(2)35)31(37)34(30(26)42-27(19)29-33-14-17-40-29)18-25(41-22-10-15-39-16-11-22)23-6-4-5-7-24(23)38-3;1-18-24-26(34)31(13-12-19(16-31)29(35)36)30(37)33(28(24)41-25(18)27-32-14-15-39-27)17-23(40-20-8-4-3-5-9-20)21-10-6-7-11-22(21)38-2/h7-8,11-12,15-16,20,23H,4-6,9-10,13-14,17-18H2,1-3H3,(H,37,38);4-7,14,17,21-22,25H,8-13,15-16,18H2,1-3H3;6-7,10-11,14-15,19-20,23H,3-5,8-9,12-13,16-17H2,1-2H3,(H,35,36). The third kappa shape index (κ3) is 16.7. The first-order chi connectivity index (χ1) is 60.4. The number of amides is 3. The van der Waals surface area contributed by atoms with Crippen molar-refractivity contribution in [1.82, 2.24) is 15.0 Å². The van der Waals surface area contributed by atoms with Gasteiger partial charge in [-0.15, -0.1) is 34.0 Å². The fraction of sp³-hybridized carbons (Fsp3) is 0.495. The molecule has 10 heterocycles. The number of Topliss-reactive ketones (excluding diaryl/α,β-unsaturated/α-hetero) is 4. The number of benzene rings is 3. The highest BCUT2D eigenvalue weighted by atomic mass is 32.1. The van der Waals surface area contributed by atoms with E-state index in [-0.39, 0.29) is 123 Å². The van der Waals surface area contributed by atoms with Crippen LogP contribution in [0.4, 0.5) is 15.0 Å². The summed E-state index contributed by atoms with van der Waals surface area (Å²) in [6.07, 6.45) is 22.2. The Morgan fingerprint density at radius 1 is 0.464 bits per heavy atom. The van der Waals surface area contributed by atoms with Gasteiger partial charge in [0.2, 0.25) is 35.4 Å². The van der Waals surface area contributed by atoms with E-state index in [1.54, 1.807) is 68.5 Å². The van der Waals surface area contributed by atoms with E-state index in [4.69, 9.17) is 46.4 Å². The minimum atomic E-state index is -1.46. The smallest absolute Gasteiger partial charge is 0.309 e. The van der Waals surface area contributed by atoms with Crippen molar-refractivity contribution in [2.24, 2.45) is 33.5 Å². The molecule has 125 heavy (non-hydrogen) atoms. The molecule has 0 radical (unpaired) electrons. The summed E-state index contributed by atoms with van der Waals surface area (Å²) in [6, 6.07) is 23.0. The first kappa shape index (κ1) is 88.1. The van der Waals surface area contributed by atoms with Crippen molar-refractivity contribution in [2.75, 3.05) is 68.9 Å². The average molecular weight is 1760 g/mol. The largest absolute Gasteiger partial charge is 0.496 e. The first-order valence-corrected chi connectivity index (χ1v) is 45.9. The van der Waals surface area contributed by atoms with Gasteiger partial charge < -0.3 is 56.6 Å². The van der Waals surface area contributed by atoms with Gasteiger partial charge in [-0.2, -0.15) is 0 Å².